The molecule has 0 radical (unpaired) electrons. The van der Waals surface area contributed by atoms with Gasteiger partial charge in [-0.25, -0.2) is 12.8 Å². The maximum absolute atomic E-state index is 13.3. The van der Waals surface area contributed by atoms with E-state index in [2.05, 4.69) is 4.72 Å². The van der Waals surface area contributed by atoms with E-state index in [1.807, 2.05) is 0 Å². The Hall–Kier alpha value is -0.850. The van der Waals surface area contributed by atoms with Crippen molar-refractivity contribution in [3.63, 3.8) is 0 Å². The molecule has 0 aliphatic rings. The van der Waals surface area contributed by atoms with Crippen LogP contribution in [0.4, 0.5) is 10.1 Å². The minimum atomic E-state index is -3.64. The van der Waals surface area contributed by atoms with E-state index in [4.69, 9.17) is 16.7 Å². The second-order valence-corrected chi connectivity index (χ2v) is 5.35. The summed E-state index contributed by atoms with van der Waals surface area (Å²) in [6, 6.07) is 4.04. The van der Waals surface area contributed by atoms with Gasteiger partial charge in [0.05, 0.1) is 16.5 Å². The third kappa shape index (κ3) is 3.62. The predicted octanol–water partition coefficient (Wildman–Crippen LogP) is 1.60. The molecule has 1 aromatic carbocycles. The van der Waals surface area contributed by atoms with Gasteiger partial charge in [-0.3, -0.25) is 4.72 Å². The standard InChI is InChI=1S/C9H11ClFNO3S/c10-7-3-1-4-8(9(7)11)12-16(14,15)6-2-5-13/h1,3-4,12-13H,2,5-6H2. The highest BCUT2D eigenvalue weighted by atomic mass is 35.5. The lowest BCUT2D eigenvalue weighted by molar-refractivity contribution is 0.295. The molecule has 90 valence electrons. The summed E-state index contributed by atoms with van der Waals surface area (Å²) in [5.41, 5.74) is -0.189. The zero-order chi connectivity index (χ0) is 12.2. The molecular weight excluding hydrogens is 257 g/mol. The van der Waals surface area contributed by atoms with Gasteiger partial charge in [0.1, 0.15) is 0 Å². The molecule has 0 amide bonds. The molecule has 0 bridgehead atoms. The molecule has 0 aliphatic carbocycles. The van der Waals surface area contributed by atoms with Crippen LogP contribution in [0.5, 0.6) is 0 Å². The third-order valence-electron chi connectivity index (χ3n) is 1.79. The zero-order valence-electron chi connectivity index (χ0n) is 8.28. The molecule has 1 rings (SSSR count). The highest BCUT2D eigenvalue weighted by Gasteiger charge is 2.14. The van der Waals surface area contributed by atoms with E-state index < -0.39 is 15.8 Å². The molecule has 0 spiro atoms. The number of nitrogens with one attached hydrogen (secondary N) is 1. The SMILES string of the molecule is O=S(=O)(CCCO)Nc1cccc(Cl)c1F. The van der Waals surface area contributed by atoms with Gasteiger partial charge in [-0.2, -0.15) is 0 Å². The van der Waals surface area contributed by atoms with Gasteiger partial charge in [0.2, 0.25) is 10.0 Å². The van der Waals surface area contributed by atoms with Gasteiger partial charge >= 0.3 is 0 Å². The van der Waals surface area contributed by atoms with E-state index in [0.717, 1.165) is 0 Å². The first kappa shape index (κ1) is 13.2. The Morgan fingerprint density at radius 1 is 1.44 bits per heavy atom. The molecular formula is C9H11ClFNO3S. The van der Waals surface area contributed by atoms with E-state index in [-0.39, 0.29) is 29.5 Å². The van der Waals surface area contributed by atoms with Crippen LogP contribution in [0.15, 0.2) is 18.2 Å². The molecule has 7 heteroatoms. The minimum absolute atomic E-state index is 0.0948. The molecule has 16 heavy (non-hydrogen) atoms. The summed E-state index contributed by atoms with van der Waals surface area (Å²) in [6.07, 6.45) is 0.0948. The summed E-state index contributed by atoms with van der Waals surface area (Å²) in [4.78, 5) is 0. The molecule has 0 aromatic heterocycles. The molecule has 0 fully saturated rings. The summed E-state index contributed by atoms with van der Waals surface area (Å²) in [6.45, 7) is -0.237. The molecule has 0 atom stereocenters. The van der Waals surface area contributed by atoms with Gasteiger partial charge in [0.25, 0.3) is 0 Å². The van der Waals surface area contributed by atoms with Crippen LogP contribution < -0.4 is 4.72 Å². The van der Waals surface area contributed by atoms with E-state index >= 15 is 0 Å². The number of hydrogen-bond donors (Lipinski definition) is 2. The Morgan fingerprint density at radius 2 is 2.12 bits per heavy atom. The van der Waals surface area contributed by atoms with Crippen LogP contribution in [-0.4, -0.2) is 25.9 Å². The number of aliphatic hydroxyl groups is 1. The summed E-state index contributed by atoms with van der Waals surface area (Å²) in [5.74, 6) is -1.08. The van der Waals surface area contributed by atoms with Gasteiger partial charge in [0.15, 0.2) is 5.82 Å². The van der Waals surface area contributed by atoms with Crippen LogP contribution >= 0.6 is 11.6 Å². The molecule has 4 nitrogen and oxygen atoms in total. The fourth-order valence-electron chi connectivity index (χ4n) is 1.06. The van der Waals surface area contributed by atoms with Crippen molar-refractivity contribution >= 4 is 27.3 Å². The van der Waals surface area contributed by atoms with Crippen molar-refractivity contribution in [2.24, 2.45) is 0 Å². The summed E-state index contributed by atoms with van der Waals surface area (Å²) in [5, 5.41) is 8.36. The molecule has 0 saturated heterocycles. The van der Waals surface area contributed by atoms with Gasteiger partial charge in [0, 0.05) is 6.61 Å². The number of halogens is 2. The molecule has 2 N–H and O–H groups in total. The Kier molecular flexibility index (Phi) is 4.52. The van der Waals surface area contributed by atoms with Gasteiger partial charge in [-0.15, -0.1) is 0 Å². The number of hydrogen-bond acceptors (Lipinski definition) is 3. The first-order chi connectivity index (χ1) is 7.46. The molecule has 1 aromatic rings. The first-order valence-corrected chi connectivity index (χ1v) is 6.54. The van der Waals surface area contributed by atoms with E-state index in [0.29, 0.717) is 0 Å². The van der Waals surface area contributed by atoms with Crippen LogP contribution in [0.3, 0.4) is 0 Å². The van der Waals surface area contributed by atoms with Crippen molar-refractivity contribution in [1.82, 2.24) is 0 Å². The van der Waals surface area contributed by atoms with Crippen LogP contribution in [0.2, 0.25) is 5.02 Å². The van der Waals surface area contributed by atoms with E-state index in [1.165, 1.54) is 18.2 Å². The quantitative estimate of drug-likeness (QED) is 0.852. The van der Waals surface area contributed by atoms with Gasteiger partial charge in [-0.1, -0.05) is 17.7 Å². The first-order valence-electron chi connectivity index (χ1n) is 4.51. The van der Waals surface area contributed by atoms with Crippen molar-refractivity contribution in [3.8, 4) is 0 Å². The minimum Gasteiger partial charge on any atom is -0.396 e. The van der Waals surface area contributed by atoms with Crippen molar-refractivity contribution in [2.45, 2.75) is 6.42 Å². The average molecular weight is 268 g/mol. The fourth-order valence-corrected chi connectivity index (χ4v) is 2.33. The van der Waals surface area contributed by atoms with Crippen LogP contribution in [-0.2, 0) is 10.0 Å². The number of rotatable bonds is 5. The highest BCUT2D eigenvalue weighted by Crippen LogP contribution is 2.22. The van der Waals surface area contributed by atoms with Crippen molar-refractivity contribution < 1.29 is 17.9 Å². The second-order valence-electron chi connectivity index (χ2n) is 3.10. The van der Waals surface area contributed by atoms with Gasteiger partial charge in [-0.05, 0) is 18.6 Å². The highest BCUT2D eigenvalue weighted by molar-refractivity contribution is 7.92. The van der Waals surface area contributed by atoms with Crippen LogP contribution in [0.25, 0.3) is 0 Å². The third-order valence-corrected chi connectivity index (χ3v) is 3.44. The molecule has 0 aliphatic heterocycles. The van der Waals surface area contributed by atoms with Crippen molar-refractivity contribution in [2.75, 3.05) is 17.1 Å². The number of benzene rings is 1. The Morgan fingerprint density at radius 3 is 2.75 bits per heavy atom. The Bertz CT molecular complexity index is 464. The van der Waals surface area contributed by atoms with Crippen LogP contribution in [0.1, 0.15) is 6.42 Å². The maximum atomic E-state index is 13.3. The fraction of sp³-hybridized carbons (Fsp3) is 0.333. The predicted molar refractivity (Wildman–Crippen MR) is 60.5 cm³/mol. The lowest BCUT2D eigenvalue weighted by Gasteiger charge is -2.08. The average Bonchev–Trinajstić information content (AvgIpc) is 2.22. The summed E-state index contributed by atoms with van der Waals surface area (Å²) < 4.78 is 38.2. The second kappa shape index (κ2) is 5.47. The Labute approximate surface area is 98.1 Å². The summed E-state index contributed by atoms with van der Waals surface area (Å²) in [7, 11) is -3.64. The molecule has 0 unspecified atom stereocenters. The van der Waals surface area contributed by atoms with E-state index in [9.17, 15) is 12.8 Å². The maximum Gasteiger partial charge on any atom is 0.232 e. The largest absolute Gasteiger partial charge is 0.396 e. The monoisotopic (exact) mass is 267 g/mol. The Balaban J connectivity index is 2.84. The topological polar surface area (TPSA) is 66.4 Å². The summed E-state index contributed by atoms with van der Waals surface area (Å²) >= 11 is 5.50. The number of anilines is 1. The van der Waals surface area contributed by atoms with Gasteiger partial charge < -0.3 is 5.11 Å². The van der Waals surface area contributed by atoms with E-state index in [1.54, 1.807) is 0 Å². The molecule has 0 heterocycles. The normalized spacial score (nSPS) is 11.4. The van der Waals surface area contributed by atoms with Crippen LogP contribution in [0, 0.1) is 5.82 Å². The zero-order valence-corrected chi connectivity index (χ0v) is 9.85. The number of aliphatic hydroxyl groups excluding tert-OH is 1. The van der Waals surface area contributed by atoms with Crippen molar-refractivity contribution in [1.29, 1.82) is 0 Å². The van der Waals surface area contributed by atoms with Crippen molar-refractivity contribution in [3.05, 3.63) is 29.0 Å². The molecule has 0 saturated carbocycles. The smallest absolute Gasteiger partial charge is 0.232 e. The lowest BCUT2D eigenvalue weighted by Crippen LogP contribution is -2.18. The lowest BCUT2D eigenvalue weighted by atomic mass is 10.3. The number of sulfonamides is 1.